The molecule has 158 valence electrons. The van der Waals surface area contributed by atoms with Crippen LogP contribution in [0.15, 0.2) is 22.8 Å². The molecule has 0 aromatic heterocycles. The summed E-state index contributed by atoms with van der Waals surface area (Å²) in [5.41, 5.74) is 6.02. The molecule has 1 nitrogen and oxygen atoms in total. The molecule has 0 amide bonds. The maximum absolute atomic E-state index is 10.2. The van der Waals surface area contributed by atoms with Gasteiger partial charge in [-0.2, -0.15) is 0 Å². The van der Waals surface area contributed by atoms with Crippen molar-refractivity contribution >= 4 is 0 Å². The lowest BCUT2D eigenvalue weighted by atomic mass is 9.53. The molecule has 28 heavy (non-hydrogen) atoms. The fraction of sp³-hybridized carbons (Fsp3) is 0.852. The Morgan fingerprint density at radius 3 is 2.61 bits per heavy atom. The Labute approximate surface area is 174 Å². The van der Waals surface area contributed by atoms with Crippen molar-refractivity contribution in [1.82, 2.24) is 0 Å². The molecule has 0 saturated heterocycles. The number of aliphatic hydroxyl groups is 1. The fourth-order valence-electron chi connectivity index (χ4n) is 7.92. The number of hydrogen-bond acceptors (Lipinski definition) is 1. The lowest BCUT2D eigenvalue weighted by Gasteiger charge is -2.52. The van der Waals surface area contributed by atoms with Gasteiger partial charge in [-0.25, -0.2) is 0 Å². The highest BCUT2D eigenvalue weighted by Gasteiger charge is 2.54. The van der Waals surface area contributed by atoms with Crippen LogP contribution >= 0.6 is 0 Å². The number of hydrogen-bond donors (Lipinski definition) is 1. The van der Waals surface area contributed by atoms with Gasteiger partial charge in [0.05, 0.1) is 6.10 Å². The molecule has 0 aromatic rings. The van der Waals surface area contributed by atoms with Gasteiger partial charge in [0.2, 0.25) is 0 Å². The Morgan fingerprint density at radius 1 is 1.07 bits per heavy atom. The van der Waals surface area contributed by atoms with E-state index in [1.54, 1.807) is 5.57 Å². The van der Waals surface area contributed by atoms with Crippen LogP contribution in [0, 0.1) is 34.5 Å². The fourth-order valence-corrected chi connectivity index (χ4v) is 7.92. The Bertz CT molecular complexity index is 655. The summed E-state index contributed by atoms with van der Waals surface area (Å²) in [4.78, 5) is 0. The van der Waals surface area contributed by atoms with Crippen LogP contribution in [0.5, 0.6) is 0 Å². The Kier molecular flexibility index (Phi) is 5.62. The average Bonchev–Trinajstić information content (AvgIpc) is 2.99. The molecule has 0 spiro atoms. The predicted molar refractivity (Wildman–Crippen MR) is 119 cm³/mol. The first-order chi connectivity index (χ1) is 13.3. The van der Waals surface area contributed by atoms with E-state index in [-0.39, 0.29) is 11.5 Å². The zero-order chi connectivity index (χ0) is 20.1. The second-order valence-corrected chi connectivity index (χ2v) is 11.7. The molecule has 1 N–H and O–H groups in total. The van der Waals surface area contributed by atoms with Crippen molar-refractivity contribution in [2.75, 3.05) is 0 Å². The lowest BCUT2D eigenvalue weighted by molar-refractivity contribution is 0.0864. The van der Waals surface area contributed by atoms with E-state index in [1.165, 1.54) is 51.4 Å². The zero-order valence-corrected chi connectivity index (χ0v) is 19.2. The number of rotatable bonds is 5. The summed E-state index contributed by atoms with van der Waals surface area (Å²) in [7, 11) is 0. The molecule has 0 heterocycles. The standard InChI is InChI=1S/C27H44O/c1-18(2)7-6-8-19(3)23-11-12-24-22-10-9-20-17-21(28)13-15-26(20,4)25(22)14-16-27(23,24)5/h9,18-19,21,23-24,28H,6-8,10-17H2,1-5H3. The van der Waals surface area contributed by atoms with E-state index in [0.29, 0.717) is 5.41 Å². The van der Waals surface area contributed by atoms with Crippen LogP contribution in [0.25, 0.3) is 0 Å². The molecule has 6 atom stereocenters. The van der Waals surface area contributed by atoms with E-state index in [4.69, 9.17) is 0 Å². The summed E-state index contributed by atoms with van der Waals surface area (Å²) < 4.78 is 0. The first-order valence-corrected chi connectivity index (χ1v) is 12.4. The monoisotopic (exact) mass is 384 g/mol. The number of allylic oxidation sites excluding steroid dienone is 3. The highest BCUT2D eigenvalue weighted by molar-refractivity contribution is 5.43. The first kappa shape index (κ1) is 20.7. The van der Waals surface area contributed by atoms with E-state index in [9.17, 15) is 5.11 Å². The minimum absolute atomic E-state index is 0.0992. The molecule has 4 aliphatic carbocycles. The number of aliphatic hydroxyl groups excluding tert-OH is 1. The van der Waals surface area contributed by atoms with Crippen LogP contribution in [-0.4, -0.2) is 11.2 Å². The molecule has 2 fully saturated rings. The van der Waals surface area contributed by atoms with E-state index < -0.39 is 0 Å². The molecule has 0 radical (unpaired) electrons. The van der Waals surface area contributed by atoms with Gasteiger partial charge < -0.3 is 5.11 Å². The van der Waals surface area contributed by atoms with Crippen molar-refractivity contribution < 1.29 is 5.11 Å². The second-order valence-electron chi connectivity index (χ2n) is 11.7. The molecule has 4 aliphatic rings. The average molecular weight is 385 g/mol. The summed E-state index contributed by atoms with van der Waals surface area (Å²) in [5, 5.41) is 10.2. The van der Waals surface area contributed by atoms with Crippen molar-refractivity contribution in [2.45, 2.75) is 111 Å². The predicted octanol–water partition coefficient (Wildman–Crippen LogP) is 7.45. The molecule has 4 rings (SSSR count). The van der Waals surface area contributed by atoms with Gasteiger partial charge in [0.25, 0.3) is 0 Å². The van der Waals surface area contributed by atoms with Crippen LogP contribution in [0.2, 0.25) is 0 Å². The van der Waals surface area contributed by atoms with E-state index >= 15 is 0 Å². The molecular formula is C27H44O. The van der Waals surface area contributed by atoms with E-state index in [2.05, 4.69) is 40.7 Å². The molecule has 0 bridgehead atoms. The lowest BCUT2D eigenvalue weighted by Crippen LogP contribution is -2.41. The van der Waals surface area contributed by atoms with Gasteiger partial charge in [0.15, 0.2) is 0 Å². The SMILES string of the molecule is CC(C)CCCC(C)C1CCC2C3=C(CCC21C)C1(C)CCC(O)CC1=CC3. The van der Waals surface area contributed by atoms with Crippen molar-refractivity contribution in [2.24, 2.45) is 34.5 Å². The third-order valence-corrected chi connectivity index (χ3v) is 9.64. The summed E-state index contributed by atoms with van der Waals surface area (Å²) in [5.74, 6) is 3.48. The summed E-state index contributed by atoms with van der Waals surface area (Å²) in [6.45, 7) is 12.4. The number of fused-ring (bicyclic) bond motifs is 4. The third-order valence-electron chi connectivity index (χ3n) is 9.64. The van der Waals surface area contributed by atoms with Crippen LogP contribution < -0.4 is 0 Å². The molecule has 0 aliphatic heterocycles. The Hall–Kier alpha value is -0.560. The van der Waals surface area contributed by atoms with Gasteiger partial charge in [0, 0.05) is 5.41 Å². The van der Waals surface area contributed by atoms with E-state index in [1.807, 2.05) is 11.1 Å². The minimum atomic E-state index is -0.0992. The van der Waals surface area contributed by atoms with Crippen molar-refractivity contribution in [3.8, 4) is 0 Å². The van der Waals surface area contributed by atoms with Crippen molar-refractivity contribution in [1.29, 1.82) is 0 Å². The zero-order valence-electron chi connectivity index (χ0n) is 19.2. The third kappa shape index (κ3) is 3.34. The first-order valence-electron chi connectivity index (χ1n) is 12.4. The summed E-state index contributed by atoms with van der Waals surface area (Å²) in [6.07, 6.45) is 16.5. The van der Waals surface area contributed by atoms with Crippen LogP contribution in [0.1, 0.15) is 105 Å². The van der Waals surface area contributed by atoms with Crippen LogP contribution in [0.4, 0.5) is 0 Å². The smallest absolute Gasteiger partial charge is 0.0578 e. The molecule has 0 aromatic carbocycles. The van der Waals surface area contributed by atoms with Gasteiger partial charge in [0.1, 0.15) is 0 Å². The quantitative estimate of drug-likeness (QED) is 0.488. The van der Waals surface area contributed by atoms with Crippen LogP contribution in [-0.2, 0) is 0 Å². The Balaban J connectivity index is 1.53. The normalized spacial score (nSPS) is 41.4. The van der Waals surface area contributed by atoms with Crippen molar-refractivity contribution in [3.05, 3.63) is 22.8 Å². The van der Waals surface area contributed by atoms with Gasteiger partial charge in [-0.05, 0) is 80.5 Å². The van der Waals surface area contributed by atoms with Gasteiger partial charge in [-0.3, -0.25) is 0 Å². The molecule has 2 saturated carbocycles. The molecule has 6 unspecified atom stereocenters. The highest BCUT2D eigenvalue weighted by atomic mass is 16.3. The minimum Gasteiger partial charge on any atom is -0.393 e. The molecule has 1 heteroatoms. The van der Waals surface area contributed by atoms with Crippen molar-refractivity contribution in [3.63, 3.8) is 0 Å². The highest BCUT2D eigenvalue weighted by Crippen LogP contribution is 2.64. The summed E-state index contributed by atoms with van der Waals surface area (Å²) in [6, 6.07) is 0. The maximum atomic E-state index is 10.2. The van der Waals surface area contributed by atoms with Gasteiger partial charge >= 0.3 is 0 Å². The maximum Gasteiger partial charge on any atom is 0.0578 e. The molecular weight excluding hydrogens is 340 g/mol. The summed E-state index contributed by atoms with van der Waals surface area (Å²) >= 11 is 0. The second kappa shape index (κ2) is 7.60. The van der Waals surface area contributed by atoms with Gasteiger partial charge in [-0.1, -0.05) is 76.7 Å². The van der Waals surface area contributed by atoms with E-state index in [0.717, 1.165) is 42.9 Å². The largest absolute Gasteiger partial charge is 0.393 e. The Morgan fingerprint density at radius 2 is 1.86 bits per heavy atom. The van der Waals surface area contributed by atoms with Gasteiger partial charge in [-0.15, -0.1) is 0 Å². The van der Waals surface area contributed by atoms with Crippen LogP contribution in [0.3, 0.4) is 0 Å². The topological polar surface area (TPSA) is 20.2 Å².